The van der Waals surface area contributed by atoms with Crippen LogP contribution in [0.25, 0.3) is 0 Å². The Balaban J connectivity index is 2.18. The molecule has 0 radical (unpaired) electrons. The van der Waals surface area contributed by atoms with Gasteiger partial charge in [0.2, 0.25) is 0 Å². The van der Waals surface area contributed by atoms with Gasteiger partial charge in [-0.2, -0.15) is 0 Å². The van der Waals surface area contributed by atoms with Gasteiger partial charge >= 0.3 is 0 Å². The first-order valence-corrected chi connectivity index (χ1v) is 6.86. The largest absolute Gasteiger partial charge is 0.384 e. The quantitative estimate of drug-likeness (QED) is 0.792. The van der Waals surface area contributed by atoms with E-state index in [9.17, 15) is 4.79 Å². The van der Waals surface area contributed by atoms with E-state index in [2.05, 4.69) is 30.7 Å². The van der Waals surface area contributed by atoms with Crippen molar-refractivity contribution in [3.8, 4) is 11.8 Å². The molecule has 1 amide bonds. The Bertz CT molecular complexity index is 545. The molecule has 0 atom stereocenters. The lowest BCUT2D eigenvalue weighted by atomic mass is 9.82. The molecule has 0 aliphatic carbocycles. The van der Waals surface area contributed by atoms with Gasteiger partial charge in [0.15, 0.2) is 0 Å². The first-order chi connectivity index (χ1) is 9.53. The Morgan fingerprint density at radius 2 is 2.15 bits per heavy atom. The number of piperidine rings is 1. The van der Waals surface area contributed by atoms with Gasteiger partial charge in [0.25, 0.3) is 5.91 Å². The normalized spacial score (nSPS) is 17.2. The van der Waals surface area contributed by atoms with Gasteiger partial charge in [0.05, 0.1) is 11.1 Å². The number of likely N-dealkylation sites (tertiary alicyclic amines) is 1. The minimum atomic E-state index is -0.222. The molecule has 2 heterocycles. The van der Waals surface area contributed by atoms with Crippen LogP contribution in [0.2, 0.25) is 0 Å². The van der Waals surface area contributed by atoms with Crippen molar-refractivity contribution < 1.29 is 9.90 Å². The fourth-order valence-corrected chi connectivity index (χ4v) is 2.30. The maximum Gasteiger partial charge on any atom is 0.255 e. The summed E-state index contributed by atoms with van der Waals surface area (Å²) >= 11 is 0. The van der Waals surface area contributed by atoms with E-state index in [1.54, 1.807) is 18.5 Å². The van der Waals surface area contributed by atoms with Crippen molar-refractivity contribution in [3.63, 3.8) is 0 Å². The average molecular weight is 272 g/mol. The van der Waals surface area contributed by atoms with Crippen LogP contribution in [0.1, 0.15) is 42.6 Å². The van der Waals surface area contributed by atoms with Crippen LogP contribution in [0.4, 0.5) is 0 Å². The second-order valence-corrected chi connectivity index (χ2v) is 5.84. The summed E-state index contributed by atoms with van der Waals surface area (Å²) in [5.74, 6) is 5.36. The number of hydrogen-bond donors (Lipinski definition) is 1. The second kappa shape index (κ2) is 6.06. The number of hydrogen-bond acceptors (Lipinski definition) is 3. The molecule has 1 saturated heterocycles. The summed E-state index contributed by atoms with van der Waals surface area (Å²) in [4.78, 5) is 18.4. The molecule has 1 aromatic heterocycles. The third-order valence-corrected chi connectivity index (χ3v) is 3.76. The van der Waals surface area contributed by atoms with E-state index < -0.39 is 0 Å². The molecule has 0 saturated carbocycles. The Kier molecular flexibility index (Phi) is 4.41. The zero-order valence-electron chi connectivity index (χ0n) is 12.0. The number of aromatic nitrogens is 1. The lowest BCUT2D eigenvalue weighted by Crippen LogP contribution is -2.41. The van der Waals surface area contributed by atoms with E-state index in [0.29, 0.717) is 16.5 Å². The van der Waals surface area contributed by atoms with E-state index >= 15 is 0 Å². The molecule has 1 aliphatic heterocycles. The summed E-state index contributed by atoms with van der Waals surface area (Å²) in [5.41, 5.74) is 1.46. The van der Waals surface area contributed by atoms with E-state index in [-0.39, 0.29) is 12.5 Å². The summed E-state index contributed by atoms with van der Waals surface area (Å²) in [5, 5.41) is 8.77. The van der Waals surface area contributed by atoms with E-state index in [0.717, 1.165) is 25.9 Å². The Morgan fingerprint density at radius 3 is 2.80 bits per heavy atom. The topological polar surface area (TPSA) is 53.4 Å². The van der Waals surface area contributed by atoms with Crippen LogP contribution in [0.5, 0.6) is 0 Å². The van der Waals surface area contributed by atoms with Crippen LogP contribution in [0.3, 0.4) is 0 Å². The zero-order valence-corrected chi connectivity index (χ0v) is 12.0. The minimum absolute atomic E-state index is 0.00476. The van der Waals surface area contributed by atoms with Crippen LogP contribution in [0.15, 0.2) is 18.5 Å². The molecule has 1 aliphatic rings. The van der Waals surface area contributed by atoms with Crippen LogP contribution >= 0.6 is 0 Å². The van der Waals surface area contributed by atoms with Crippen LogP contribution < -0.4 is 0 Å². The second-order valence-electron chi connectivity index (χ2n) is 5.84. The van der Waals surface area contributed by atoms with Crippen molar-refractivity contribution in [2.45, 2.75) is 26.7 Å². The number of nitrogens with zero attached hydrogens (tertiary/aromatic N) is 2. The van der Waals surface area contributed by atoms with Crippen molar-refractivity contribution in [1.29, 1.82) is 0 Å². The highest BCUT2D eigenvalue weighted by atomic mass is 16.2. The number of pyridine rings is 1. The molecule has 0 bridgehead atoms. The predicted molar refractivity (Wildman–Crippen MR) is 77.1 cm³/mol. The Hall–Kier alpha value is -1.86. The number of aliphatic hydroxyl groups excluding tert-OH is 1. The molecule has 106 valence electrons. The first kappa shape index (κ1) is 14.5. The zero-order chi connectivity index (χ0) is 14.6. The monoisotopic (exact) mass is 272 g/mol. The van der Waals surface area contributed by atoms with Gasteiger partial charge in [0, 0.05) is 25.5 Å². The summed E-state index contributed by atoms with van der Waals surface area (Å²) in [6, 6.07) is 1.70. The van der Waals surface area contributed by atoms with Crippen molar-refractivity contribution in [2.75, 3.05) is 19.7 Å². The van der Waals surface area contributed by atoms with Crippen molar-refractivity contribution in [3.05, 3.63) is 29.6 Å². The number of carbonyl (C=O) groups excluding carboxylic acids is 1. The maximum absolute atomic E-state index is 12.6. The van der Waals surface area contributed by atoms with Crippen LogP contribution in [-0.4, -0.2) is 40.6 Å². The van der Waals surface area contributed by atoms with Crippen molar-refractivity contribution in [1.82, 2.24) is 9.88 Å². The van der Waals surface area contributed by atoms with Gasteiger partial charge < -0.3 is 10.0 Å². The lowest BCUT2D eigenvalue weighted by Gasteiger charge is -2.37. The van der Waals surface area contributed by atoms with Crippen molar-refractivity contribution in [2.24, 2.45) is 5.41 Å². The molecule has 2 rings (SSSR count). The van der Waals surface area contributed by atoms with Gasteiger partial charge in [-0.1, -0.05) is 25.7 Å². The van der Waals surface area contributed by atoms with Gasteiger partial charge in [0.1, 0.15) is 6.61 Å². The van der Waals surface area contributed by atoms with Crippen molar-refractivity contribution >= 4 is 5.91 Å². The fraction of sp³-hybridized carbons (Fsp3) is 0.500. The standard InChI is InChI=1S/C16H20N2O2/c1-16(2)6-9-18(10-7-16)15(20)14-5-8-17-12-13(14)4-3-11-19/h5,8,12,19H,6-7,9-11H2,1-2H3. The number of carbonyl (C=O) groups is 1. The molecule has 4 heteroatoms. The fourth-order valence-electron chi connectivity index (χ4n) is 2.30. The predicted octanol–water partition coefficient (Wildman–Crippen LogP) is 1.69. The van der Waals surface area contributed by atoms with Gasteiger partial charge in [-0.25, -0.2) is 0 Å². The highest BCUT2D eigenvalue weighted by Gasteiger charge is 2.28. The summed E-state index contributed by atoms with van der Waals surface area (Å²) in [6.07, 6.45) is 5.21. The van der Waals surface area contributed by atoms with E-state index in [1.807, 2.05) is 4.90 Å². The van der Waals surface area contributed by atoms with Crippen LogP contribution in [0, 0.1) is 17.3 Å². The third kappa shape index (κ3) is 3.37. The molecule has 1 aromatic rings. The summed E-state index contributed by atoms with van der Waals surface area (Å²) < 4.78 is 0. The molecule has 0 spiro atoms. The first-order valence-electron chi connectivity index (χ1n) is 6.86. The molecular weight excluding hydrogens is 252 g/mol. The lowest BCUT2D eigenvalue weighted by molar-refractivity contribution is 0.0630. The molecule has 20 heavy (non-hydrogen) atoms. The van der Waals surface area contributed by atoms with Gasteiger partial charge in [-0.15, -0.1) is 0 Å². The number of rotatable bonds is 1. The molecule has 4 nitrogen and oxygen atoms in total. The number of aliphatic hydroxyl groups is 1. The molecule has 0 unspecified atom stereocenters. The van der Waals surface area contributed by atoms with Gasteiger partial charge in [-0.3, -0.25) is 9.78 Å². The highest BCUT2D eigenvalue weighted by Crippen LogP contribution is 2.30. The van der Waals surface area contributed by atoms with E-state index in [4.69, 9.17) is 5.11 Å². The highest BCUT2D eigenvalue weighted by molar-refractivity contribution is 5.96. The molecule has 0 aromatic carbocycles. The number of amides is 1. The Labute approximate surface area is 119 Å². The van der Waals surface area contributed by atoms with E-state index in [1.165, 1.54) is 0 Å². The summed E-state index contributed by atoms with van der Waals surface area (Å²) in [7, 11) is 0. The summed E-state index contributed by atoms with van der Waals surface area (Å²) in [6.45, 7) is 5.81. The third-order valence-electron chi connectivity index (χ3n) is 3.76. The molecular formula is C16H20N2O2. The minimum Gasteiger partial charge on any atom is -0.384 e. The van der Waals surface area contributed by atoms with Gasteiger partial charge in [-0.05, 0) is 24.3 Å². The Morgan fingerprint density at radius 1 is 1.45 bits per heavy atom. The SMILES string of the molecule is CC1(C)CCN(C(=O)c2ccncc2C#CCO)CC1. The molecule has 1 N–H and O–H groups in total. The molecule has 1 fully saturated rings. The maximum atomic E-state index is 12.6. The van der Waals surface area contributed by atoms with Crippen LogP contribution in [-0.2, 0) is 0 Å². The average Bonchev–Trinajstić information content (AvgIpc) is 2.45. The smallest absolute Gasteiger partial charge is 0.255 e.